The van der Waals surface area contributed by atoms with Gasteiger partial charge in [-0.15, -0.1) is 0 Å². The number of aromatic hydroxyl groups is 1. The summed E-state index contributed by atoms with van der Waals surface area (Å²) in [7, 11) is 0. The van der Waals surface area contributed by atoms with Crippen LogP contribution in [-0.2, 0) is 0 Å². The molecule has 0 heterocycles. The Morgan fingerprint density at radius 2 is 1.87 bits per heavy atom. The van der Waals surface area contributed by atoms with Crippen molar-refractivity contribution >= 4 is 0 Å². The lowest BCUT2D eigenvalue weighted by molar-refractivity contribution is 0.144. The molecule has 2 atom stereocenters. The summed E-state index contributed by atoms with van der Waals surface area (Å²) < 4.78 is 0. The average molecular weight is 209 g/mol. The van der Waals surface area contributed by atoms with Gasteiger partial charge in [-0.25, -0.2) is 0 Å². The Morgan fingerprint density at radius 1 is 1.27 bits per heavy atom. The summed E-state index contributed by atoms with van der Waals surface area (Å²) in [5, 5.41) is 19.0. The van der Waals surface area contributed by atoms with Crippen molar-refractivity contribution in [2.75, 3.05) is 6.54 Å². The van der Waals surface area contributed by atoms with Crippen LogP contribution in [-0.4, -0.2) is 16.8 Å². The van der Waals surface area contributed by atoms with Crippen molar-refractivity contribution < 1.29 is 10.2 Å². The second-order valence-corrected chi connectivity index (χ2v) is 3.85. The van der Waals surface area contributed by atoms with Crippen LogP contribution in [0.1, 0.15) is 31.4 Å². The molecule has 0 radical (unpaired) electrons. The number of hydrogen-bond acceptors (Lipinski definition) is 3. The molecule has 0 aliphatic rings. The first-order valence-corrected chi connectivity index (χ1v) is 5.34. The van der Waals surface area contributed by atoms with Crippen LogP contribution in [0.15, 0.2) is 24.3 Å². The lowest BCUT2D eigenvalue weighted by atomic mass is 9.95. The van der Waals surface area contributed by atoms with E-state index in [0.717, 1.165) is 12.0 Å². The lowest BCUT2D eigenvalue weighted by Crippen LogP contribution is -2.16. The van der Waals surface area contributed by atoms with Crippen molar-refractivity contribution in [2.24, 2.45) is 11.7 Å². The molecule has 3 nitrogen and oxygen atoms in total. The Bertz CT molecular complexity index is 280. The SMILES string of the molecule is CCC(CN)CC(O)c1ccc(O)cc1. The second kappa shape index (κ2) is 5.73. The van der Waals surface area contributed by atoms with Gasteiger partial charge < -0.3 is 15.9 Å². The molecule has 1 aromatic rings. The Balaban J connectivity index is 2.60. The maximum Gasteiger partial charge on any atom is 0.115 e. The lowest BCUT2D eigenvalue weighted by Gasteiger charge is -2.17. The van der Waals surface area contributed by atoms with E-state index < -0.39 is 6.10 Å². The van der Waals surface area contributed by atoms with Crippen LogP contribution >= 0.6 is 0 Å². The highest BCUT2D eigenvalue weighted by atomic mass is 16.3. The third kappa shape index (κ3) is 3.53. The smallest absolute Gasteiger partial charge is 0.115 e. The molecule has 3 heteroatoms. The summed E-state index contributed by atoms with van der Waals surface area (Å²) >= 11 is 0. The number of aliphatic hydroxyl groups is 1. The first-order chi connectivity index (χ1) is 7.17. The van der Waals surface area contributed by atoms with E-state index in [1.807, 2.05) is 0 Å². The average Bonchev–Trinajstić information content (AvgIpc) is 2.26. The summed E-state index contributed by atoms with van der Waals surface area (Å²) in [4.78, 5) is 0. The summed E-state index contributed by atoms with van der Waals surface area (Å²) in [5.41, 5.74) is 6.42. The molecule has 0 amide bonds. The van der Waals surface area contributed by atoms with Crippen LogP contribution in [0, 0.1) is 5.92 Å². The minimum absolute atomic E-state index is 0.219. The number of phenolic OH excluding ortho intramolecular Hbond substituents is 1. The highest BCUT2D eigenvalue weighted by molar-refractivity contribution is 5.27. The van der Waals surface area contributed by atoms with Crippen molar-refractivity contribution in [1.29, 1.82) is 0 Å². The fourth-order valence-electron chi connectivity index (χ4n) is 1.58. The second-order valence-electron chi connectivity index (χ2n) is 3.85. The third-order valence-corrected chi connectivity index (χ3v) is 2.75. The van der Waals surface area contributed by atoms with E-state index in [4.69, 9.17) is 10.8 Å². The van der Waals surface area contributed by atoms with Gasteiger partial charge in [-0.2, -0.15) is 0 Å². The minimum Gasteiger partial charge on any atom is -0.508 e. The maximum absolute atomic E-state index is 9.91. The number of phenols is 1. The van der Waals surface area contributed by atoms with Crippen LogP contribution < -0.4 is 5.73 Å². The van der Waals surface area contributed by atoms with Gasteiger partial charge in [-0.1, -0.05) is 25.5 Å². The van der Waals surface area contributed by atoms with Gasteiger partial charge in [0.15, 0.2) is 0 Å². The quantitative estimate of drug-likeness (QED) is 0.692. The van der Waals surface area contributed by atoms with Crippen LogP contribution in [0.3, 0.4) is 0 Å². The Hall–Kier alpha value is -1.06. The predicted molar refractivity (Wildman–Crippen MR) is 60.5 cm³/mol. The molecule has 0 saturated heterocycles. The van der Waals surface area contributed by atoms with Crippen molar-refractivity contribution in [3.8, 4) is 5.75 Å². The van der Waals surface area contributed by atoms with E-state index in [1.54, 1.807) is 24.3 Å². The third-order valence-electron chi connectivity index (χ3n) is 2.75. The van der Waals surface area contributed by atoms with Gasteiger partial charge in [0.2, 0.25) is 0 Å². The Labute approximate surface area is 90.5 Å². The van der Waals surface area contributed by atoms with Crippen molar-refractivity contribution in [2.45, 2.75) is 25.9 Å². The van der Waals surface area contributed by atoms with E-state index in [2.05, 4.69) is 6.92 Å². The predicted octanol–water partition coefficient (Wildman–Crippen LogP) is 1.80. The van der Waals surface area contributed by atoms with E-state index >= 15 is 0 Å². The van der Waals surface area contributed by atoms with Gasteiger partial charge in [0.25, 0.3) is 0 Å². The molecule has 0 aliphatic carbocycles. The molecular formula is C12H19NO2. The van der Waals surface area contributed by atoms with E-state index in [-0.39, 0.29) is 5.75 Å². The molecule has 0 fully saturated rings. The largest absolute Gasteiger partial charge is 0.508 e. The number of nitrogens with two attached hydrogens (primary N) is 1. The standard InChI is InChI=1S/C12H19NO2/c1-2-9(8-13)7-12(15)10-3-5-11(14)6-4-10/h3-6,9,12,14-15H,2,7-8,13H2,1H3. The van der Waals surface area contributed by atoms with Gasteiger partial charge in [0.1, 0.15) is 5.75 Å². The van der Waals surface area contributed by atoms with Crippen molar-refractivity contribution in [1.82, 2.24) is 0 Å². The molecule has 0 aromatic heterocycles. The van der Waals surface area contributed by atoms with E-state index in [0.29, 0.717) is 18.9 Å². The molecule has 0 bridgehead atoms. The minimum atomic E-state index is -0.487. The molecule has 2 unspecified atom stereocenters. The molecule has 1 aromatic carbocycles. The fraction of sp³-hybridized carbons (Fsp3) is 0.500. The Morgan fingerprint density at radius 3 is 2.33 bits per heavy atom. The highest BCUT2D eigenvalue weighted by Gasteiger charge is 2.13. The molecular weight excluding hydrogens is 190 g/mol. The molecule has 1 rings (SSSR count). The first kappa shape index (κ1) is 12.0. The summed E-state index contributed by atoms with van der Waals surface area (Å²) in [6.07, 6.45) is 1.17. The Kier molecular flexibility index (Phi) is 4.59. The maximum atomic E-state index is 9.91. The topological polar surface area (TPSA) is 66.5 Å². The summed E-state index contributed by atoms with van der Waals surface area (Å²) in [6, 6.07) is 6.65. The van der Waals surface area contributed by atoms with Crippen LogP contribution in [0.4, 0.5) is 0 Å². The highest BCUT2D eigenvalue weighted by Crippen LogP contribution is 2.23. The first-order valence-electron chi connectivity index (χ1n) is 5.34. The zero-order valence-corrected chi connectivity index (χ0v) is 9.06. The molecule has 0 spiro atoms. The van der Waals surface area contributed by atoms with E-state index in [1.165, 1.54) is 0 Å². The van der Waals surface area contributed by atoms with Gasteiger partial charge in [0, 0.05) is 0 Å². The molecule has 4 N–H and O–H groups in total. The van der Waals surface area contributed by atoms with Crippen LogP contribution in [0.25, 0.3) is 0 Å². The normalized spacial score (nSPS) is 14.9. The van der Waals surface area contributed by atoms with Gasteiger partial charge in [0.05, 0.1) is 6.10 Å². The van der Waals surface area contributed by atoms with Gasteiger partial charge >= 0.3 is 0 Å². The molecule has 15 heavy (non-hydrogen) atoms. The molecule has 0 aliphatic heterocycles. The summed E-state index contributed by atoms with van der Waals surface area (Å²) in [6.45, 7) is 2.67. The zero-order valence-electron chi connectivity index (χ0n) is 9.06. The summed E-state index contributed by atoms with van der Waals surface area (Å²) in [5.74, 6) is 0.575. The fourth-order valence-corrected chi connectivity index (χ4v) is 1.58. The van der Waals surface area contributed by atoms with Crippen molar-refractivity contribution in [3.05, 3.63) is 29.8 Å². The number of aliphatic hydroxyl groups excluding tert-OH is 1. The number of rotatable bonds is 5. The van der Waals surface area contributed by atoms with Crippen LogP contribution in [0.2, 0.25) is 0 Å². The zero-order chi connectivity index (χ0) is 11.3. The van der Waals surface area contributed by atoms with Crippen molar-refractivity contribution in [3.63, 3.8) is 0 Å². The van der Waals surface area contributed by atoms with Gasteiger partial charge in [-0.3, -0.25) is 0 Å². The van der Waals surface area contributed by atoms with Gasteiger partial charge in [-0.05, 0) is 36.6 Å². The van der Waals surface area contributed by atoms with E-state index in [9.17, 15) is 5.11 Å². The number of hydrogen-bond donors (Lipinski definition) is 3. The molecule has 0 saturated carbocycles. The monoisotopic (exact) mass is 209 g/mol. The number of benzene rings is 1. The molecule has 84 valence electrons. The van der Waals surface area contributed by atoms with Crippen LogP contribution in [0.5, 0.6) is 5.75 Å².